The molecule has 2 aromatic carbocycles. The minimum atomic E-state index is -1.66. The lowest BCUT2D eigenvalue weighted by Crippen LogP contribution is -2.27. The Morgan fingerprint density at radius 2 is 1.94 bits per heavy atom. The summed E-state index contributed by atoms with van der Waals surface area (Å²) in [5, 5.41) is 2.21. The first-order chi connectivity index (χ1) is 15.3. The average molecular weight is 465 g/mol. The molecule has 0 aliphatic rings. The van der Waals surface area contributed by atoms with Crippen molar-refractivity contribution in [2.45, 2.75) is 37.2 Å². The van der Waals surface area contributed by atoms with Crippen LogP contribution in [0.4, 0.5) is 18.9 Å². The van der Waals surface area contributed by atoms with E-state index in [2.05, 4.69) is 10.3 Å². The number of hydrogen-bond donors (Lipinski definition) is 1. The first-order valence-corrected chi connectivity index (χ1v) is 10.9. The predicted octanol–water partition coefficient (Wildman–Crippen LogP) is 4.36. The Morgan fingerprint density at radius 1 is 1.19 bits per heavy atom. The zero-order valence-corrected chi connectivity index (χ0v) is 18.3. The Hall–Kier alpha value is -2.85. The maximum atomic E-state index is 13.9. The molecule has 6 nitrogen and oxygen atoms in total. The Bertz CT molecular complexity index is 1190. The molecule has 3 aromatic rings. The molecule has 1 aromatic heterocycles. The summed E-state index contributed by atoms with van der Waals surface area (Å²) in [6.07, 6.45) is 0.571. The number of nitrogens with one attached hydrogen (secondary N) is 1. The maximum absolute atomic E-state index is 13.9. The highest BCUT2D eigenvalue weighted by Gasteiger charge is 2.22. The summed E-state index contributed by atoms with van der Waals surface area (Å²) in [5.74, 6) is -5.14. The molecule has 1 heterocycles. The maximum Gasteiger partial charge on any atom is 0.262 e. The monoisotopic (exact) mass is 465 g/mol. The SMILES string of the molecule is CCOCCCn1c(SC(C)C(=O)Nc2ccc(F)c(F)c2F)nc2ccccc2c1=O. The van der Waals surface area contributed by atoms with Crippen molar-refractivity contribution in [2.24, 2.45) is 0 Å². The lowest BCUT2D eigenvalue weighted by atomic mass is 10.2. The zero-order chi connectivity index (χ0) is 23.3. The lowest BCUT2D eigenvalue weighted by Gasteiger charge is -2.16. The van der Waals surface area contributed by atoms with Gasteiger partial charge in [-0.05, 0) is 44.5 Å². The molecule has 0 spiro atoms. The molecule has 0 aliphatic carbocycles. The van der Waals surface area contributed by atoms with E-state index in [9.17, 15) is 22.8 Å². The van der Waals surface area contributed by atoms with Crippen LogP contribution in [0.5, 0.6) is 0 Å². The molecule has 0 bridgehead atoms. The topological polar surface area (TPSA) is 73.2 Å². The van der Waals surface area contributed by atoms with E-state index in [1.54, 1.807) is 31.2 Å². The van der Waals surface area contributed by atoms with E-state index < -0.39 is 34.3 Å². The zero-order valence-electron chi connectivity index (χ0n) is 17.5. The van der Waals surface area contributed by atoms with Crippen LogP contribution in [-0.4, -0.2) is 33.9 Å². The van der Waals surface area contributed by atoms with Crippen molar-refractivity contribution in [3.8, 4) is 0 Å². The number of ether oxygens (including phenoxy) is 1. The molecule has 0 radical (unpaired) electrons. The molecule has 0 fully saturated rings. The van der Waals surface area contributed by atoms with Crippen molar-refractivity contribution in [3.63, 3.8) is 0 Å². The molecular formula is C22H22F3N3O3S. The third-order valence-electron chi connectivity index (χ3n) is 4.65. The normalized spacial score (nSPS) is 12.2. The van der Waals surface area contributed by atoms with E-state index in [1.165, 1.54) is 4.57 Å². The van der Waals surface area contributed by atoms with Crippen LogP contribution in [0.25, 0.3) is 10.9 Å². The quantitative estimate of drug-likeness (QED) is 0.220. The van der Waals surface area contributed by atoms with E-state index in [4.69, 9.17) is 4.74 Å². The van der Waals surface area contributed by atoms with E-state index in [1.807, 2.05) is 6.92 Å². The molecule has 1 atom stereocenters. The number of benzene rings is 2. The summed E-state index contributed by atoms with van der Waals surface area (Å²) in [4.78, 5) is 30.1. The van der Waals surface area contributed by atoms with Crippen LogP contribution < -0.4 is 10.9 Å². The number of nitrogens with zero attached hydrogens (tertiary/aromatic N) is 2. The first kappa shape index (κ1) is 23.8. The van der Waals surface area contributed by atoms with Gasteiger partial charge in [0.25, 0.3) is 5.56 Å². The number of halogens is 3. The predicted molar refractivity (Wildman–Crippen MR) is 117 cm³/mol. The van der Waals surface area contributed by atoms with Crippen LogP contribution in [0.1, 0.15) is 20.3 Å². The van der Waals surface area contributed by atoms with Gasteiger partial charge in [-0.25, -0.2) is 18.2 Å². The second-order valence-electron chi connectivity index (χ2n) is 6.89. The minimum absolute atomic E-state index is 0.242. The standard InChI is InChI=1S/C22H22F3N3O3S/c1-3-31-12-6-11-28-21(30)14-7-4-5-8-16(14)27-22(28)32-13(2)20(29)26-17-10-9-15(23)18(24)19(17)25/h4-5,7-10,13H,3,6,11-12H2,1-2H3,(H,26,29). The van der Waals surface area contributed by atoms with Gasteiger partial charge in [0.15, 0.2) is 22.6 Å². The largest absolute Gasteiger partial charge is 0.382 e. The first-order valence-electron chi connectivity index (χ1n) is 10.0. The van der Waals surface area contributed by atoms with Crippen LogP contribution in [0.3, 0.4) is 0 Å². The fourth-order valence-electron chi connectivity index (χ4n) is 2.97. The Balaban J connectivity index is 1.85. The van der Waals surface area contributed by atoms with Crippen molar-refractivity contribution < 1.29 is 22.7 Å². The van der Waals surface area contributed by atoms with Crippen LogP contribution in [0.15, 0.2) is 46.3 Å². The lowest BCUT2D eigenvalue weighted by molar-refractivity contribution is -0.115. The van der Waals surface area contributed by atoms with Gasteiger partial charge in [0.05, 0.1) is 21.8 Å². The van der Waals surface area contributed by atoms with Crippen molar-refractivity contribution >= 4 is 34.3 Å². The second-order valence-corrected chi connectivity index (χ2v) is 8.20. The molecule has 10 heteroatoms. The molecule has 0 aliphatic heterocycles. The highest BCUT2D eigenvalue weighted by Crippen LogP contribution is 2.25. The molecular weight excluding hydrogens is 443 g/mol. The molecule has 3 rings (SSSR count). The van der Waals surface area contributed by atoms with E-state index in [0.29, 0.717) is 42.2 Å². The van der Waals surface area contributed by atoms with Gasteiger partial charge in [-0.15, -0.1) is 0 Å². The van der Waals surface area contributed by atoms with Gasteiger partial charge in [0, 0.05) is 19.8 Å². The van der Waals surface area contributed by atoms with Gasteiger partial charge in [-0.1, -0.05) is 23.9 Å². The second kappa shape index (κ2) is 10.6. The number of aromatic nitrogens is 2. The van der Waals surface area contributed by atoms with Crippen molar-refractivity contribution in [1.82, 2.24) is 9.55 Å². The Morgan fingerprint density at radius 3 is 2.69 bits per heavy atom. The molecule has 32 heavy (non-hydrogen) atoms. The van der Waals surface area contributed by atoms with Crippen molar-refractivity contribution in [1.29, 1.82) is 0 Å². The highest BCUT2D eigenvalue weighted by atomic mass is 32.2. The molecule has 1 amide bonds. The summed E-state index contributed by atoms with van der Waals surface area (Å²) in [6, 6.07) is 8.56. The number of rotatable bonds is 9. The van der Waals surface area contributed by atoms with Gasteiger partial charge < -0.3 is 10.1 Å². The average Bonchev–Trinajstić information content (AvgIpc) is 2.78. The van der Waals surface area contributed by atoms with Crippen LogP contribution >= 0.6 is 11.8 Å². The van der Waals surface area contributed by atoms with Gasteiger partial charge >= 0.3 is 0 Å². The Kier molecular flexibility index (Phi) is 7.92. The molecule has 1 unspecified atom stereocenters. The fraction of sp³-hybridized carbons (Fsp3) is 0.318. The molecule has 1 N–H and O–H groups in total. The number of fused-ring (bicyclic) bond motifs is 1. The van der Waals surface area contributed by atoms with Crippen molar-refractivity contribution in [3.05, 3.63) is 64.2 Å². The third-order valence-corrected chi connectivity index (χ3v) is 5.74. The van der Waals surface area contributed by atoms with Crippen molar-refractivity contribution in [2.75, 3.05) is 18.5 Å². The molecule has 170 valence electrons. The van der Waals surface area contributed by atoms with Gasteiger partial charge in [-0.3, -0.25) is 14.2 Å². The Labute approximate surface area is 186 Å². The summed E-state index contributed by atoms with van der Waals surface area (Å²) >= 11 is 1.01. The number of hydrogen-bond acceptors (Lipinski definition) is 5. The smallest absolute Gasteiger partial charge is 0.262 e. The summed E-state index contributed by atoms with van der Waals surface area (Å²) in [7, 11) is 0. The summed E-state index contributed by atoms with van der Waals surface area (Å²) in [6.45, 7) is 4.78. The highest BCUT2D eigenvalue weighted by molar-refractivity contribution is 8.00. The van der Waals surface area contributed by atoms with Crippen LogP contribution in [0.2, 0.25) is 0 Å². The van der Waals surface area contributed by atoms with Gasteiger partial charge in [0.1, 0.15) is 0 Å². The van der Waals surface area contributed by atoms with E-state index >= 15 is 0 Å². The van der Waals surface area contributed by atoms with Crippen LogP contribution in [0, 0.1) is 17.5 Å². The van der Waals surface area contributed by atoms with E-state index in [-0.39, 0.29) is 5.56 Å². The number of carbonyl (C=O) groups excluding carboxylic acids is 1. The molecule has 0 saturated carbocycles. The van der Waals surface area contributed by atoms with Gasteiger partial charge in [0.2, 0.25) is 5.91 Å². The number of para-hydroxylation sites is 1. The third kappa shape index (κ3) is 5.31. The minimum Gasteiger partial charge on any atom is -0.382 e. The van der Waals surface area contributed by atoms with E-state index in [0.717, 1.165) is 23.9 Å². The molecule has 0 saturated heterocycles. The fourth-order valence-corrected chi connectivity index (χ4v) is 3.91. The number of carbonyl (C=O) groups is 1. The number of thioether (sulfide) groups is 1. The number of anilines is 1. The summed E-state index contributed by atoms with van der Waals surface area (Å²) in [5.41, 5.74) is -0.226. The van der Waals surface area contributed by atoms with Gasteiger partial charge in [-0.2, -0.15) is 0 Å². The summed E-state index contributed by atoms with van der Waals surface area (Å²) < 4.78 is 47.3. The number of amides is 1. The van der Waals surface area contributed by atoms with Crippen LogP contribution in [-0.2, 0) is 16.1 Å².